The average Bonchev–Trinajstić information content (AvgIpc) is 2.67. The van der Waals surface area contributed by atoms with E-state index in [-0.39, 0.29) is 11.5 Å². The van der Waals surface area contributed by atoms with Gasteiger partial charge in [0.25, 0.3) is 0 Å². The van der Waals surface area contributed by atoms with Crippen LogP contribution < -0.4 is 0 Å². The lowest BCUT2D eigenvalue weighted by Crippen LogP contribution is -2.51. The number of carbonyl (C=O) groups is 1. The molecule has 0 aromatic carbocycles. The number of piperidine rings is 1. The second-order valence-electron chi connectivity index (χ2n) is 7.09. The fraction of sp³-hybridized carbons (Fsp3) is 0.938. The molecule has 1 aliphatic heterocycles. The number of hydrogen-bond acceptors (Lipinski definition) is 3. The van der Waals surface area contributed by atoms with Crippen molar-refractivity contribution < 1.29 is 9.53 Å². The van der Waals surface area contributed by atoms with Crippen LogP contribution in [0.15, 0.2) is 0 Å². The summed E-state index contributed by atoms with van der Waals surface area (Å²) in [5.74, 6) is -0.00854. The molecule has 0 bridgehead atoms. The predicted molar refractivity (Wildman–Crippen MR) is 77.0 cm³/mol. The van der Waals surface area contributed by atoms with Gasteiger partial charge >= 0.3 is 5.97 Å². The molecule has 2 rings (SSSR count). The maximum absolute atomic E-state index is 12.0. The van der Waals surface area contributed by atoms with Gasteiger partial charge in [-0.3, -0.25) is 9.69 Å². The van der Waals surface area contributed by atoms with Crippen molar-refractivity contribution in [1.29, 1.82) is 0 Å². The van der Waals surface area contributed by atoms with Gasteiger partial charge in [-0.05, 0) is 57.5 Å². The Kier molecular flexibility index (Phi) is 4.54. The second kappa shape index (κ2) is 5.82. The van der Waals surface area contributed by atoms with Crippen molar-refractivity contribution in [2.75, 3.05) is 19.7 Å². The van der Waals surface area contributed by atoms with Crippen molar-refractivity contribution in [3.8, 4) is 0 Å². The molecule has 1 heterocycles. The Morgan fingerprint density at radius 3 is 2.37 bits per heavy atom. The number of esters is 1. The van der Waals surface area contributed by atoms with E-state index in [1.54, 1.807) is 0 Å². The van der Waals surface area contributed by atoms with E-state index < -0.39 is 0 Å². The molecule has 1 unspecified atom stereocenters. The molecule has 1 atom stereocenters. The first-order valence-electron chi connectivity index (χ1n) is 7.88. The summed E-state index contributed by atoms with van der Waals surface area (Å²) >= 11 is 0. The molecule has 1 saturated heterocycles. The van der Waals surface area contributed by atoms with Gasteiger partial charge in [0.05, 0.1) is 13.0 Å². The molecule has 19 heavy (non-hydrogen) atoms. The molecular weight excluding hydrogens is 238 g/mol. The number of rotatable bonds is 4. The summed E-state index contributed by atoms with van der Waals surface area (Å²) in [5.41, 5.74) is 0.445. The smallest absolute Gasteiger partial charge is 0.307 e. The highest BCUT2D eigenvalue weighted by atomic mass is 16.5. The van der Waals surface area contributed by atoms with Crippen LogP contribution in [-0.4, -0.2) is 36.1 Å². The lowest BCUT2D eigenvalue weighted by Gasteiger charge is -2.44. The molecule has 3 heteroatoms. The third-order valence-electron chi connectivity index (χ3n) is 4.88. The first kappa shape index (κ1) is 14.8. The minimum atomic E-state index is -0.00854. The highest BCUT2D eigenvalue weighted by Crippen LogP contribution is 2.49. The quantitative estimate of drug-likeness (QED) is 0.731. The summed E-state index contributed by atoms with van der Waals surface area (Å²) in [5, 5.41) is 0. The number of carbonyl (C=O) groups excluding carboxylic acids is 1. The number of likely N-dealkylation sites (tertiary alicyclic amines) is 1. The van der Waals surface area contributed by atoms with Gasteiger partial charge < -0.3 is 4.74 Å². The Morgan fingerprint density at radius 2 is 1.84 bits per heavy atom. The topological polar surface area (TPSA) is 29.5 Å². The molecule has 2 fully saturated rings. The van der Waals surface area contributed by atoms with Crippen molar-refractivity contribution in [1.82, 2.24) is 4.90 Å². The number of nitrogens with zero attached hydrogens (tertiary/aromatic N) is 1. The van der Waals surface area contributed by atoms with Crippen molar-refractivity contribution in [3.05, 3.63) is 0 Å². The number of hydrogen-bond donors (Lipinski definition) is 0. The van der Waals surface area contributed by atoms with Crippen molar-refractivity contribution in [3.63, 3.8) is 0 Å². The molecule has 2 aliphatic rings. The van der Waals surface area contributed by atoms with Gasteiger partial charge in [-0.2, -0.15) is 0 Å². The summed E-state index contributed by atoms with van der Waals surface area (Å²) in [7, 11) is 0. The van der Waals surface area contributed by atoms with Crippen molar-refractivity contribution in [2.24, 2.45) is 5.41 Å². The first-order valence-corrected chi connectivity index (χ1v) is 7.88. The van der Waals surface area contributed by atoms with Gasteiger partial charge in [-0.15, -0.1) is 0 Å². The fourth-order valence-electron chi connectivity index (χ4n) is 4.02. The van der Waals surface area contributed by atoms with Crippen LogP contribution >= 0.6 is 0 Å². The Morgan fingerprint density at radius 1 is 1.16 bits per heavy atom. The van der Waals surface area contributed by atoms with Crippen LogP contribution in [-0.2, 0) is 9.53 Å². The molecule has 0 aromatic heterocycles. The van der Waals surface area contributed by atoms with E-state index in [9.17, 15) is 4.79 Å². The minimum absolute atomic E-state index is 0.00854. The molecule has 1 aliphatic carbocycles. The fourth-order valence-corrected chi connectivity index (χ4v) is 4.02. The Hall–Kier alpha value is -0.570. The Labute approximate surface area is 117 Å². The van der Waals surface area contributed by atoms with Crippen molar-refractivity contribution >= 4 is 5.97 Å². The van der Waals surface area contributed by atoms with E-state index in [0.717, 1.165) is 25.9 Å². The molecular formula is C16H29NO2. The molecule has 110 valence electrons. The summed E-state index contributed by atoms with van der Waals surface area (Å²) in [6, 6.07) is 0. The van der Waals surface area contributed by atoms with E-state index in [2.05, 4.69) is 18.7 Å². The lowest BCUT2D eigenvalue weighted by atomic mass is 9.83. The molecule has 0 radical (unpaired) electrons. The SMILES string of the molecule is CCOC(=O)CC1(N2CCCCC2)CCC(C)(C)C1. The van der Waals surface area contributed by atoms with Crippen LogP contribution in [0.4, 0.5) is 0 Å². The molecule has 3 nitrogen and oxygen atoms in total. The third-order valence-corrected chi connectivity index (χ3v) is 4.88. The second-order valence-corrected chi connectivity index (χ2v) is 7.09. The summed E-state index contributed by atoms with van der Waals surface area (Å²) < 4.78 is 5.22. The van der Waals surface area contributed by atoms with Crippen LogP contribution in [0.25, 0.3) is 0 Å². The monoisotopic (exact) mass is 267 g/mol. The summed E-state index contributed by atoms with van der Waals surface area (Å²) in [6.07, 6.45) is 8.01. The van der Waals surface area contributed by atoms with E-state index in [1.165, 1.54) is 25.7 Å². The number of ether oxygens (including phenoxy) is 1. The molecule has 0 amide bonds. The van der Waals surface area contributed by atoms with Crippen LogP contribution in [0.1, 0.15) is 65.7 Å². The van der Waals surface area contributed by atoms with Crippen LogP contribution in [0, 0.1) is 5.41 Å². The Balaban J connectivity index is 2.11. The minimum Gasteiger partial charge on any atom is -0.466 e. The summed E-state index contributed by atoms with van der Waals surface area (Å²) in [6.45, 7) is 9.39. The standard InChI is InChI=1S/C16H29NO2/c1-4-19-14(18)12-16(9-8-15(2,3)13-16)17-10-6-5-7-11-17/h4-13H2,1-3H3. The van der Waals surface area contributed by atoms with E-state index in [4.69, 9.17) is 4.74 Å². The van der Waals surface area contributed by atoms with Gasteiger partial charge in [-0.1, -0.05) is 20.3 Å². The molecule has 0 spiro atoms. The first-order chi connectivity index (χ1) is 8.97. The lowest BCUT2D eigenvalue weighted by molar-refractivity contribution is -0.147. The Bertz CT molecular complexity index is 321. The zero-order chi connectivity index (χ0) is 13.9. The van der Waals surface area contributed by atoms with Gasteiger partial charge in [-0.25, -0.2) is 0 Å². The highest BCUT2D eigenvalue weighted by molar-refractivity contribution is 5.71. The van der Waals surface area contributed by atoms with Crippen LogP contribution in [0.3, 0.4) is 0 Å². The normalized spacial score (nSPS) is 31.3. The average molecular weight is 267 g/mol. The predicted octanol–water partition coefficient (Wildman–Crippen LogP) is 3.37. The van der Waals surface area contributed by atoms with Crippen LogP contribution in [0.2, 0.25) is 0 Å². The maximum Gasteiger partial charge on any atom is 0.307 e. The largest absolute Gasteiger partial charge is 0.466 e. The van der Waals surface area contributed by atoms with E-state index >= 15 is 0 Å². The molecule has 0 aromatic rings. The third kappa shape index (κ3) is 3.50. The van der Waals surface area contributed by atoms with Gasteiger partial charge in [0.2, 0.25) is 0 Å². The van der Waals surface area contributed by atoms with Gasteiger partial charge in [0.15, 0.2) is 0 Å². The zero-order valence-electron chi connectivity index (χ0n) is 12.8. The zero-order valence-corrected chi connectivity index (χ0v) is 12.8. The van der Waals surface area contributed by atoms with Crippen LogP contribution in [0.5, 0.6) is 0 Å². The highest BCUT2D eigenvalue weighted by Gasteiger charge is 2.48. The van der Waals surface area contributed by atoms with Crippen molar-refractivity contribution in [2.45, 2.75) is 71.3 Å². The van der Waals surface area contributed by atoms with E-state index in [0.29, 0.717) is 18.4 Å². The van der Waals surface area contributed by atoms with E-state index in [1.807, 2.05) is 6.92 Å². The van der Waals surface area contributed by atoms with Gasteiger partial charge in [0.1, 0.15) is 0 Å². The molecule has 0 N–H and O–H groups in total. The van der Waals surface area contributed by atoms with Gasteiger partial charge in [0, 0.05) is 5.54 Å². The molecule has 1 saturated carbocycles. The summed E-state index contributed by atoms with van der Waals surface area (Å²) in [4.78, 5) is 14.6. The maximum atomic E-state index is 12.0.